The molecule has 2 unspecified atom stereocenters. The molecule has 0 saturated carbocycles. The maximum Gasteiger partial charge on any atom is 0.191 e. The number of hydrogen-bond acceptors (Lipinski definition) is 3. The molecule has 0 bridgehead atoms. The molecule has 0 heterocycles. The monoisotopic (exact) mass is 434 g/mol. The highest BCUT2D eigenvalue weighted by atomic mass is 127. The van der Waals surface area contributed by atoms with Crippen LogP contribution in [0.4, 0.5) is 5.69 Å². The Balaban J connectivity index is 0.00000484. The number of aliphatic imine (C=N–C) groups is 1. The van der Waals surface area contributed by atoms with Crippen LogP contribution in [0, 0.1) is 5.92 Å². The Morgan fingerprint density at radius 3 is 2.35 bits per heavy atom. The van der Waals surface area contributed by atoms with Crippen LogP contribution in [0.25, 0.3) is 0 Å². The van der Waals surface area contributed by atoms with Gasteiger partial charge in [-0.1, -0.05) is 32.0 Å². The Morgan fingerprint density at radius 1 is 1.17 bits per heavy atom. The molecular formula is C17H31IN4O. The first-order chi connectivity index (χ1) is 10.6. The average Bonchev–Trinajstić information content (AvgIpc) is 2.51. The van der Waals surface area contributed by atoms with E-state index in [0.29, 0.717) is 18.6 Å². The molecule has 0 aliphatic rings. The van der Waals surface area contributed by atoms with Gasteiger partial charge < -0.3 is 20.7 Å². The lowest BCUT2D eigenvalue weighted by Crippen LogP contribution is -2.48. The van der Waals surface area contributed by atoms with Crippen LogP contribution >= 0.6 is 24.0 Å². The van der Waals surface area contributed by atoms with E-state index in [-0.39, 0.29) is 30.0 Å². The van der Waals surface area contributed by atoms with E-state index in [1.165, 1.54) is 0 Å². The van der Waals surface area contributed by atoms with Crippen molar-refractivity contribution >= 4 is 35.6 Å². The molecule has 0 fully saturated rings. The molecule has 1 aromatic carbocycles. The maximum atomic E-state index is 5.13. The lowest BCUT2D eigenvalue weighted by atomic mass is 10.0. The molecule has 23 heavy (non-hydrogen) atoms. The van der Waals surface area contributed by atoms with Crippen molar-refractivity contribution in [1.82, 2.24) is 10.6 Å². The van der Waals surface area contributed by atoms with Crippen LogP contribution in [0.15, 0.2) is 35.3 Å². The number of para-hydroxylation sites is 1. The summed E-state index contributed by atoms with van der Waals surface area (Å²) in [7, 11) is 3.48. The molecule has 0 spiro atoms. The molecule has 1 rings (SSSR count). The van der Waals surface area contributed by atoms with Crippen molar-refractivity contribution in [3.63, 3.8) is 0 Å². The molecule has 6 heteroatoms. The lowest BCUT2D eigenvalue weighted by Gasteiger charge is -2.25. The van der Waals surface area contributed by atoms with Crippen LogP contribution in [0.2, 0.25) is 0 Å². The SMILES string of the molecule is CN=C(NCC(Nc1ccccc1)C(C)C)NC(C)COC.I. The number of halogens is 1. The van der Waals surface area contributed by atoms with Gasteiger partial charge in [0.1, 0.15) is 0 Å². The number of benzene rings is 1. The Bertz CT molecular complexity index is 439. The topological polar surface area (TPSA) is 57.7 Å². The summed E-state index contributed by atoms with van der Waals surface area (Å²) in [6, 6.07) is 10.8. The predicted molar refractivity (Wildman–Crippen MR) is 110 cm³/mol. The van der Waals surface area contributed by atoms with E-state index in [0.717, 1.165) is 18.2 Å². The summed E-state index contributed by atoms with van der Waals surface area (Å²) in [6.45, 7) is 7.94. The van der Waals surface area contributed by atoms with E-state index in [2.05, 4.69) is 53.8 Å². The van der Waals surface area contributed by atoms with Gasteiger partial charge in [-0.15, -0.1) is 24.0 Å². The summed E-state index contributed by atoms with van der Waals surface area (Å²) in [4.78, 5) is 4.26. The van der Waals surface area contributed by atoms with E-state index < -0.39 is 0 Å². The summed E-state index contributed by atoms with van der Waals surface area (Å²) in [5, 5.41) is 10.3. The third kappa shape index (κ3) is 9.00. The van der Waals surface area contributed by atoms with Gasteiger partial charge in [-0.2, -0.15) is 0 Å². The number of guanidine groups is 1. The number of nitrogens with one attached hydrogen (secondary N) is 3. The second-order valence-corrected chi connectivity index (χ2v) is 5.81. The molecule has 0 saturated heterocycles. The quantitative estimate of drug-likeness (QED) is 0.335. The molecule has 5 nitrogen and oxygen atoms in total. The van der Waals surface area contributed by atoms with Gasteiger partial charge in [0.2, 0.25) is 0 Å². The largest absolute Gasteiger partial charge is 0.383 e. The summed E-state index contributed by atoms with van der Waals surface area (Å²) in [5.74, 6) is 1.30. The summed E-state index contributed by atoms with van der Waals surface area (Å²) < 4.78 is 5.13. The van der Waals surface area contributed by atoms with Crippen LogP contribution < -0.4 is 16.0 Å². The van der Waals surface area contributed by atoms with E-state index >= 15 is 0 Å². The van der Waals surface area contributed by atoms with E-state index in [9.17, 15) is 0 Å². The van der Waals surface area contributed by atoms with Crippen LogP contribution in [0.1, 0.15) is 20.8 Å². The minimum absolute atomic E-state index is 0. The number of rotatable bonds is 8. The van der Waals surface area contributed by atoms with Gasteiger partial charge in [-0.3, -0.25) is 4.99 Å². The van der Waals surface area contributed by atoms with Gasteiger partial charge in [0.15, 0.2) is 5.96 Å². The number of ether oxygens (including phenoxy) is 1. The van der Waals surface area contributed by atoms with Crippen molar-refractivity contribution < 1.29 is 4.74 Å². The van der Waals surface area contributed by atoms with E-state index in [1.807, 2.05) is 18.2 Å². The highest BCUT2D eigenvalue weighted by Gasteiger charge is 2.14. The summed E-state index contributed by atoms with van der Waals surface area (Å²) in [6.07, 6.45) is 0. The van der Waals surface area contributed by atoms with Crippen molar-refractivity contribution in [2.75, 3.05) is 32.6 Å². The fourth-order valence-electron chi connectivity index (χ4n) is 2.13. The Morgan fingerprint density at radius 2 is 1.83 bits per heavy atom. The van der Waals surface area contributed by atoms with Crippen molar-refractivity contribution in [2.24, 2.45) is 10.9 Å². The number of methoxy groups -OCH3 is 1. The van der Waals surface area contributed by atoms with Crippen molar-refractivity contribution in [3.05, 3.63) is 30.3 Å². The number of anilines is 1. The molecule has 132 valence electrons. The van der Waals surface area contributed by atoms with E-state index in [1.54, 1.807) is 14.2 Å². The fourth-order valence-corrected chi connectivity index (χ4v) is 2.13. The van der Waals surface area contributed by atoms with Gasteiger partial charge in [0.25, 0.3) is 0 Å². The third-order valence-corrected chi connectivity index (χ3v) is 3.44. The molecular weight excluding hydrogens is 403 g/mol. The molecule has 2 atom stereocenters. The zero-order valence-corrected chi connectivity index (χ0v) is 17.1. The molecule has 1 aromatic rings. The molecule has 0 radical (unpaired) electrons. The highest BCUT2D eigenvalue weighted by molar-refractivity contribution is 14.0. The lowest BCUT2D eigenvalue weighted by molar-refractivity contribution is 0.179. The predicted octanol–water partition coefficient (Wildman–Crippen LogP) is 2.94. The first kappa shape index (κ1) is 22.0. The van der Waals surface area contributed by atoms with Gasteiger partial charge in [-0.05, 0) is 25.0 Å². The van der Waals surface area contributed by atoms with Crippen LogP contribution in [0.3, 0.4) is 0 Å². The second-order valence-electron chi connectivity index (χ2n) is 5.81. The third-order valence-electron chi connectivity index (χ3n) is 3.44. The van der Waals surface area contributed by atoms with Crippen LogP contribution in [-0.2, 0) is 4.74 Å². The smallest absolute Gasteiger partial charge is 0.191 e. The first-order valence-corrected chi connectivity index (χ1v) is 7.84. The molecule has 0 aliphatic carbocycles. The van der Waals surface area contributed by atoms with E-state index in [4.69, 9.17) is 4.74 Å². The molecule has 0 aromatic heterocycles. The minimum Gasteiger partial charge on any atom is -0.383 e. The Labute approximate surface area is 157 Å². The van der Waals surface area contributed by atoms with Gasteiger partial charge in [-0.25, -0.2) is 0 Å². The number of nitrogens with zero attached hydrogens (tertiary/aromatic N) is 1. The normalized spacial score (nSPS) is 13.9. The second kappa shape index (κ2) is 12.4. The Hall–Kier alpha value is -1.02. The summed E-state index contributed by atoms with van der Waals surface area (Å²) >= 11 is 0. The number of hydrogen-bond donors (Lipinski definition) is 3. The molecule has 0 aliphatic heterocycles. The zero-order chi connectivity index (χ0) is 16.4. The van der Waals surface area contributed by atoms with Gasteiger partial charge in [0, 0.05) is 38.5 Å². The Kier molecular flexibility index (Phi) is 11.9. The van der Waals surface area contributed by atoms with Crippen LogP contribution in [-0.4, -0.2) is 45.4 Å². The first-order valence-electron chi connectivity index (χ1n) is 7.84. The van der Waals surface area contributed by atoms with Gasteiger partial charge in [0.05, 0.1) is 6.61 Å². The van der Waals surface area contributed by atoms with Crippen molar-refractivity contribution in [1.29, 1.82) is 0 Å². The standard InChI is InChI=1S/C17H30N4O.HI/c1-13(2)16(21-15-9-7-6-8-10-15)11-19-17(18-4)20-14(3)12-22-5;/h6-10,13-14,16,21H,11-12H2,1-5H3,(H2,18,19,20);1H. The van der Waals surface area contributed by atoms with Gasteiger partial charge >= 0.3 is 0 Å². The summed E-state index contributed by atoms with van der Waals surface area (Å²) in [5.41, 5.74) is 1.14. The molecule has 3 N–H and O–H groups in total. The fraction of sp³-hybridized carbons (Fsp3) is 0.588. The van der Waals surface area contributed by atoms with Crippen LogP contribution in [0.5, 0.6) is 0 Å². The average molecular weight is 434 g/mol. The minimum atomic E-state index is 0. The maximum absolute atomic E-state index is 5.13. The van der Waals surface area contributed by atoms with Crippen molar-refractivity contribution in [3.8, 4) is 0 Å². The van der Waals surface area contributed by atoms with Crippen molar-refractivity contribution in [2.45, 2.75) is 32.9 Å². The highest BCUT2D eigenvalue weighted by Crippen LogP contribution is 2.11. The zero-order valence-electron chi connectivity index (χ0n) is 14.8. The molecule has 0 amide bonds.